The molecule has 0 aromatic heterocycles. The van der Waals surface area contributed by atoms with Crippen molar-refractivity contribution < 1.29 is 0 Å². The minimum Gasteiger partial charge on any atom is -0.294 e. The van der Waals surface area contributed by atoms with Crippen LogP contribution in [0.4, 0.5) is 0 Å². The Morgan fingerprint density at radius 2 is 1.15 bits per heavy atom. The van der Waals surface area contributed by atoms with Crippen molar-refractivity contribution in [1.29, 1.82) is 0 Å². The predicted molar refractivity (Wildman–Crippen MR) is 132 cm³/mol. The molecule has 0 aliphatic heterocycles. The van der Waals surface area contributed by atoms with Gasteiger partial charge in [-0.05, 0) is 38.6 Å². The first kappa shape index (κ1) is 31.4. The van der Waals surface area contributed by atoms with E-state index in [1.54, 1.807) is 0 Å². The Hall–Kier alpha value is 0.660. The monoisotopic (exact) mass is 497 g/mol. The van der Waals surface area contributed by atoms with E-state index in [9.17, 15) is 0 Å². The molecule has 0 aromatic carbocycles. The van der Waals surface area contributed by atoms with E-state index in [0.717, 1.165) is 6.54 Å². The summed E-state index contributed by atoms with van der Waals surface area (Å²) in [7, 11) is 0. The fraction of sp³-hybridized carbons (Fsp3) is 0.913. The minimum atomic E-state index is 0. The zero-order valence-electron chi connectivity index (χ0n) is 18.7. The van der Waals surface area contributed by atoms with Crippen LogP contribution in [-0.2, 0) is 0 Å². The van der Waals surface area contributed by atoms with Crippen molar-refractivity contribution in [3.05, 3.63) is 12.7 Å². The van der Waals surface area contributed by atoms with Gasteiger partial charge in [0.1, 0.15) is 0 Å². The normalized spacial score (nSPS) is 11.8. The molecule has 0 aliphatic carbocycles. The highest BCUT2D eigenvalue weighted by Gasteiger charge is 2.39. The van der Waals surface area contributed by atoms with Crippen molar-refractivity contribution in [2.75, 3.05) is 13.1 Å². The first-order chi connectivity index (χ1) is 11.3. The molecule has 160 valence electrons. The SMILES string of the molecule is Br.Br.C=CCN(CCCCCCCCCCCC)C(C)(C)C(C)(C)CC. The average molecular weight is 499 g/mol. The summed E-state index contributed by atoms with van der Waals surface area (Å²) in [6.45, 7) is 20.4. The lowest BCUT2D eigenvalue weighted by atomic mass is 9.71. The van der Waals surface area contributed by atoms with Crippen LogP contribution in [0.25, 0.3) is 0 Å². The summed E-state index contributed by atoms with van der Waals surface area (Å²) in [5.41, 5.74) is 0.545. The lowest BCUT2D eigenvalue weighted by Crippen LogP contribution is -2.54. The summed E-state index contributed by atoms with van der Waals surface area (Å²) in [6.07, 6.45) is 17.4. The second kappa shape index (κ2) is 17.7. The van der Waals surface area contributed by atoms with Gasteiger partial charge in [-0.25, -0.2) is 0 Å². The standard InChI is InChI=1S/C23H47N.2BrH/c1-8-11-12-13-14-15-16-17-18-19-21-24(20-9-2)23(6,7)22(4,5)10-3;;/h9H,2,8,10-21H2,1,3-7H3;2*1H. The van der Waals surface area contributed by atoms with Crippen LogP contribution in [-0.4, -0.2) is 23.5 Å². The van der Waals surface area contributed by atoms with E-state index in [1.165, 1.54) is 77.2 Å². The summed E-state index contributed by atoms with van der Waals surface area (Å²) in [4.78, 5) is 2.65. The fourth-order valence-electron chi connectivity index (χ4n) is 3.41. The van der Waals surface area contributed by atoms with E-state index >= 15 is 0 Å². The maximum Gasteiger partial charge on any atom is 0.0207 e. The average Bonchev–Trinajstić information content (AvgIpc) is 2.55. The largest absolute Gasteiger partial charge is 0.294 e. The molecule has 0 aromatic rings. The number of nitrogens with zero attached hydrogens (tertiary/aromatic N) is 1. The maximum absolute atomic E-state index is 3.98. The molecule has 0 atom stereocenters. The molecule has 26 heavy (non-hydrogen) atoms. The third-order valence-corrected chi connectivity index (χ3v) is 6.46. The third kappa shape index (κ3) is 12.2. The van der Waals surface area contributed by atoms with Crippen LogP contribution < -0.4 is 0 Å². The second-order valence-corrected chi connectivity index (χ2v) is 8.71. The Labute approximate surface area is 187 Å². The van der Waals surface area contributed by atoms with Crippen molar-refractivity contribution in [3.63, 3.8) is 0 Å². The quantitative estimate of drug-likeness (QED) is 0.152. The number of unbranched alkanes of at least 4 members (excludes halogenated alkanes) is 9. The van der Waals surface area contributed by atoms with E-state index in [1.807, 2.05) is 0 Å². The van der Waals surface area contributed by atoms with Gasteiger partial charge >= 0.3 is 0 Å². The Kier molecular flexibility index (Phi) is 21.4. The molecule has 0 spiro atoms. The zero-order chi connectivity index (χ0) is 18.5. The summed E-state index contributed by atoms with van der Waals surface area (Å²) in [5.74, 6) is 0. The Balaban J connectivity index is -0.00000264. The summed E-state index contributed by atoms with van der Waals surface area (Å²) >= 11 is 0. The molecule has 0 aliphatic rings. The highest BCUT2D eigenvalue weighted by Crippen LogP contribution is 2.38. The van der Waals surface area contributed by atoms with Crippen LogP contribution in [0.3, 0.4) is 0 Å². The molecule has 0 N–H and O–H groups in total. The Bertz CT molecular complexity index is 313. The minimum absolute atomic E-state index is 0. The molecule has 0 heterocycles. The van der Waals surface area contributed by atoms with Gasteiger partial charge in [0.2, 0.25) is 0 Å². The van der Waals surface area contributed by atoms with Crippen molar-refractivity contribution in [2.45, 2.75) is 118 Å². The van der Waals surface area contributed by atoms with Gasteiger partial charge in [-0.3, -0.25) is 4.90 Å². The molecule has 0 radical (unpaired) electrons. The molecular weight excluding hydrogens is 450 g/mol. The topological polar surface area (TPSA) is 3.24 Å². The van der Waals surface area contributed by atoms with Gasteiger partial charge in [-0.15, -0.1) is 40.5 Å². The van der Waals surface area contributed by atoms with Crippen molar-refractivity contribution in [1.82, 2.24) is 4.90 Å². The first-order valence-electron chi connectivity index (χ1n) is 10.7. The molecule has 0 unspecified atom stereocenters. The summed E-state index contributed by atoms with van der Waals surface area (Å²) in [6, 6.07) is 0. The third-order valence-electron chi connectivity index (χ3n) is 6.46. The van der Waals surface area contributed by atoms with Crippen LogP contribution in [0.5, 0.6) is 0 Å². The maximum atomic E-state index is 3.98. The predicted octanol–water partition coefficient (Wildman–Crippen LogP) is 8.77. The molecule has 1 nitrogen and oxygen atoms in total. The first-order valence-corrected chi connectivity index (χ1v) is 10.7. The fourth-order valence-corrected chi connectivity index (χ4v) is 3.41. The van der Waals surface area contributed by atoms with Crippen LogP contribution in [0, 0.1) is 5.41 Å². The number of halogens is 2. The van der Waals surface area contributed by atoms with Gasteiger partial charge in [0.05, 0.1) is 0 Å². The molecule has 0 amide bonds. The van der Waals surface area contributed by atoms with Crippen LogP contribution in [0.15, 0.2) is 12.7 Å². The lowest BCUT2D eigenvalue weighted by molar-refractivity contribution is 0.0155. The number of hydrogen-bond acceptors (Lipinski definition) is 1. The number of hydrogen-bond donors (Lipinski definition) is 0. The zero-order valence-corrected chi connectivity index (χ0v) is 22.2. The highest BCUT2D eigenvalue weighted by atomic mass is 79.9. The van der Waals surface area contributed by atoms with Crippen LogP contribution in [0.1, 0.15) is 112 Å². The Morgan fingerprint density at radius 1 is 0.731 bits per heavy atom. The van der Waals surface area contributed by atoms with Crippen molar-refractivity contribution in [3.8, 4) is 0 Å². The molecule has 3 heteroatoms. The lowest BCUT2D eigenvalue weighted by Gasteiger charge is -2.49. The molecule has 0 saturated carbocycles. The van der Waals surface area contributed by atoms with Crippen molar-refractivity contribution in [2.24, 2.45) is 5.41 Å². The van der Waals surface area contributed by atoms with E-state index in [2.05, 4.69) is 59.1 Å². The van der Waals surface area contributed by atoms with Gasteiger partial charge in [-0.2, -0.15) is 0 Å². The molecule has 0 fully saturated rings. The molecule has 0 bridgehead atoms. The van der Waals surface area contributed by atoms with Crippen LogP contribution in [0.2, 0.25) is 0 Å². The van der Waals surface area contributed by atoms with E-state index in [0.29, 0.717) is 5.41 Å². The van der Waals surface area contributed by atoms with Gasteiger partial charge in [0.25, 0.3) is 0 Å². The summed E-state index contributed by atoms with van der Waals surface area (Å²) in [5, 5.41) is 0. The van der Waals surface area contributed by atoms with Gasteiger partial charge < -0.3 is 0 Å². The van der Waals surface area contributed by atoms with E-state index in [4.69, 9.17) is 0 Å². The highest BCUT2D eigenvalue weighted by molar-refractivity contribution is 8.93. The molecule has 0 saturated heterocycles. The second-order valence-electron chi connectivity index (χ2n) is 8.71. The molecule has 0 rings (SSSR count). The van der Waals surface area contributed by atoms with Gasteiger partial charge in [-0.1, -0.05) is 91.6 Å². The van der Waals surface area contributed by atoms with Crippen molar-refractivity contribution >= 4 is 34.0 Å². The molecular formula is C23H49Br2N. The van der Waals surface area contributed by atoms with E-state index in [-0.39, 0.29) is 39.5 Å². The van der Waals surface area contributed by atoms with E-state index < -0.39 is 0 Å². The van der Waals surface area contributed by atoms with Crippen LogP contribution >= 0.6 is 34.0 Å². The van der Waals surface area contributed by atoms with Gasteiger partial charge in [0, 0.05) is 12.1 Å². The smallest absolute Gasteiger partial charge is 0.0207 e. The Morgan fingerprint density at radius 3 is 1.54 bits per heavy atom. The summed E-state index contributed by atoms with van der Waals surface area (Å²) < 4.78 is 0. The van der Waals surface area contributed by atoms with Gasteiger partial charge in [0.15, 0.2) is 0 Å². The number of rotatable bonds is 16.